The molecule has 1 heterocycles. The first-order valence-electron chi connectivity index (χ1n) is 9.64. The minimum Gasteiger partial charge on any atom is -0.550 e. The fraction of sp³-hybridized carbons (Fsp3) is 0.304. The molecule has 0 saturated heterocycles. The molecule has 28 heavy (non-hydrogen) atoms. The van der Waals surface area contributed by atoms with E-state index in [0.29, 0.717) is 11.5 Å². The highest BCUT2D eigenvalue weighted by Gasteiger charge is 2.38. The van der Waals surface area contributed by atoms with Gasteiger partial charge < -0.3 is 20.5 Å². The van der Waals surface area contributed by atoms with Crippen LogP contribution < -0.4 is 15.7 Å². The van der Waals surface area contributed by atoms with Gasteiger partial charge in [-0.2, -0.15) is 0 Å². The zero-order chi connectivity index (χ0) is 19.7. The summed E-state index contributed by atoms with van der Waals surface area (Å²) in [6.45, 7) is 2.17. The van der Waals surface area contributed by atoms with Crippen molar-refractivity contribution in [2.45, 2.75) is 31.7 Å². The van der Waals surface area contributed by atoms with E-state index >= 15 is 0 Å². The molecule has 0 saturated carbocycles. The predicted molar refractivity (Wildman–Crippen MR) is 106 cm³/mol. The van der Waals surface area contributed by atoms with E-state index in [0.717, 1.165) is 17.7 Å². The van der Waals surface area contributed by atoms with Crippen molar-refractivity contribution in [3.63, 3.8) is 0 Å². The molecule has 2 aromatic rings. The molecule has 1 amide bonds. The van der Waals surface area contributed by atoms with Crippen molar-refractivity contribution in [3.05, 3.63) is 76.9 Å². The van der Waals surface area contributed by atoms with Gasteiger partial charge in [0.15, 0.2) is 0 Å². The van der Waals surface area contributed by atoms with E-state index in [1.165, 1.54) is 11.1 Å². The molecule has 144 valence electrons. The topological polar surface area (TPSA) is 81.3 Å². The monoisotopic (exact) mass is 375 g/mol. The number of hydrogen-bond donors (Lipinski definition) is 2. The van der Waals surface area contributed by atoms with Gasteiger partial charge in [0.1, 0.15) is 0 Å². The molecule has 2 aromatic carbocycles. The molecule has 5 heteroatoms. The van der Waals surface area contributed by atoms with Crippen LogP contribution in [0.3, 0.4) is 0 Å². The molecule has 1 aliphatic carbocycles. The Morgan fingerprint density at radius 1 is 1.21 bits per heavy atom. The summed E-state index contributed by atoms with van der Waals surface area (Å²) in [7, 11) is 0. The number of aliphatic carboxylic acids is 1. The molecule has 3 atom stereocenters. The maximum atomic E-state index is 12.4. The van der Waals surface area contributed by atoms with Crippen molar-refractivity contribution in [3.8, 4) is 0 Å². The van der Waals surface area contributed by atoms with Crippen LogP contribution >= 0.6 is 0 Å². The minimum atomic E-state index is -1.17. The van der Waals surface area contributed by atoms with E-state index in [1.54, 1.807) is 6.07 Å². The Bertz CT molecular complexity index is 951. The van der Waals surface area contributed by atoms with Crippen molar-refractivity contribution < 1.29 is 14.7 Å². The summed E-state index contributed by atoms with van der Waals surface area (Å²) in [5.41, 5.74) is 5.25. The number of nitrogens with one attached hydrogen (secondary N) is 2. The van der Waals surface area contributed by atoms with E-state index in [-0.39, 0.29) is 30.8 Å². The quantitative estimate of drug-likeness (QED) is 0.788. The smallest absolute Gasteiger partial charge is 0.251 e. The lowest BCUT2D eigenvalue weighted by atomic mass is 9.76. The van der Waals surface area contributed by atoms with Crippen molar-refractivity contribution in [2.24, 2.45) is 5.92 Å². The van der Waals surface area contributed by atoms with Crippen LogP contribution in [0.15, 0.2) is 54.6 Å². The van der Waals surface area contributed by atoms with Gasteiger partial charge in [0.25, 0.3) is 5.91 Å². The second-order valence-electron chi connectivity index (χ2n) is 7.57. The van der Waals surface area contributed by atoms with E-state index in [4.69, 9.17) is 0 Å². The number of aryl methyl sites for hydroxylation is 1. The van der Waals surface area contributed by atoms with E-state index in [9.17, 15) is 14.7 Å². The third kappa shape index (κ3) is 3.52. The van der Waals surface area contributed by atoms with Crippen molar-refractivity contribution >= 4 is 17.6 Å². The van der Waals surface area contributed by atoms with Gasteiger partial charge in [-0.05, 0) is 48.6 Å². The Hall–Kier alpha value is -3.08. The Morgan fingerprint density at radius 3 is 2.86 bits per heavy atom. The number of hydrogen-bond acceptors (Lipinski definition) is 4. The third-order valence-electron chi connectivity index (χ3n) is 5.64. The normalized spacial score (nSPS) is 22.1. The van der Waals surface area contributed by atoms with Gasteiger partial charge in [0, 0.05) is 36.1 Å². The van der Waals surface area contributed by atoms with Crippen LogP contribution in [0.2, 0.25) is 0 Å². The van der Waals surface area contributed by atoms with Crippen LogP contribution in [0.25, 0.3) is 0 Å². The average molecular weight is 375 g/mol. The van der Waals surface area contributed by atoms with Crippen molar-refractivity contribution in [1.29, 1.82) is 0 Å². The maximum Gasteiger partial charge on any atom is 0.251 e. The van der Waals surface area contributed by atoms with Crippen molar-refractivity contribution in [2.75, 3.05) is 11.9 Å². The number of amides is 1. The molecule has 0 spiro atoms. The van der Waals surface area contributed by atoms with Gasteiger partial charge in [-0.25, -0.2) is 0 Å². The Balaban J connectivity index is 1.60. The second kappa shape index (κ2) is 7.50. The Morgan fingerprint density at radius 2 is 2.07 bits per heavy atom. The number of rotatable bonds is 5. The summed E-state index contributed by atoms with van der Waals surface area (Å²) in [4.78, 5) is 22.9. The number of carboxylic acid groups (broad SMARTS) is 1. The fourth-order valence-corrected chi connectivity index (χ4v) is 4.31. The predicted octanol–water partition coefficient (Wildman–Crippen LogP) is 2.69. The van der Waals surface area contributed by atoms with Crippen LogP contribution in [0, 0.1) is 12.8 Å². The van der Waals surface area contributed by atoms with Crippen LogP contribution in [0.5, 0.6) is 0 Å². The number of carbonyl (C=O) groups excluding carboxylic acids is 2. The SMILES string of the molecule is Cc1cccc([C@@H]2Nc3ccc(C(=O)NCCC(=O)[O-])cc3[C@@H]3C=CC[C@H]32)c1. The summed E-state index contributed by atoms with van der Waals surface area (Å²) < 4.78 is 0. The summed E-state index contributed by atoms with van der Waals surface area (Å²) in [6.07, 6.45) is 5.27. The lowest BCUT2D eigenvalue weighted by molar-refractivity contribution is -0.305. The molecular formula is C23H23N2O3-. The molecule has 2 N–H and O–H groups in total. The zero-order valence-electron chi connectivity index (χ0n) is 15.8. The number of carboxylic acids is 1. The van der Waals surface area contributed by atoms with E-state index < -0.39 is 5.97 Å². The highest BCUT2D eigenvalue weighted by molar-refractivity contribution is 5.95. The molecule has 0 aromatic heterocycles. The molecule has 4 rings (SSSR count). The van der Waals surface area contributed by atoms with Crippen LogP contribution in [-0.4, -0.2) is 18.4 Å². The van der Waals surface area contributed by atoms with Gasteiger partial charge in [0.05, 0.1) is 6.04 Å². The first-order chi connectivity index (χ1) is 13.5. The number of carbonyl (C=O) groups is 2. The van der Waals surface area contributed by atoms with Gasteiger partial charge in [-0.3, -0.25) is 4.79 Å². The fourth-order valence-electron chi connectivity index (χ4n) is 4.31. The molecule has 5 nitrogen and oxygen atoms in total. The average Bonchev–Trinajstić information content (AvgIpc) is 3.16. The lowest BCUT2D eigenvalue weighted by Crippen LogP contribution is -2.32. The lowest BCUT2D eigenvalue weighted by Gasteiger charge is -2.37. The number of fused-ring (bicyclic) bond motifs is 3. The molecule has 1 aliphatic heterocycles. The molecule has 0 radical (unpaired) electrons. The number of benzene rings is 2. The Kier molecular flexibility index (Phi) is 4.90. The standard InChI is InChI=1S/C23H24N2O3/c1-14-4-2-5-15(12-14)22-18-7-3-6-17(18)19-13-16(8-9-20(19)25-22)23(28)24-11-10-21(26)27/h2-6,8-9,12-13,17-18,22,25H,7,10-11H2,1H3,(H,24,28)(H,26,27)/p-1/t17-,18-,22+/m1/s1. The van der Waals surface area contributed by atoms with Crippen LogP contribution in [0.1, 0.15) is 51.8 Å². The largest absolute Gasteiger partial charge is 0.550 e. The molecule has 0 bridgehead atoms. The summed E-state index contributed by atoms with van der Waals surface area (Å²) in [5.74, 6) is -0.761. The van der Waals surface area contributed by atoms with Crippen molar-refractivity contribution in [1.82, 2.24) is 5.32 Å². The summed E-state index contributed by atoms with van der Waals surface area (Å²) in [6, 6.07) is 14.5. The maximum absolute atomic E-state index is 12.4. The highest BCUT2D eigenvalue weighted by Crippen LogP contribution is 2.49. The molecule has 2 aliphatic rings. The molecule has 0 fully saturated rings. The number of anilines is 1. The van der Waals surface area contributed by atoms with E-state index in [1.807, 2.05) is 12.1 Å². The van der Waals surface area contributed by atoms with E-state index in [2.05, 4.69) is 54.0 Å². The van der Waals surface area contributed by atoms with Gasteiger partial charge in [0.2, 0.25) is 0 Å². The molecular weight excluding hydrogens is 352 g/mol. The van der Waals surface area contributed by atoms with Gasteiger partial charge in [-0.1, -0.05) is 42.0 Å². The van der Waals surface area contributed by atoms with Gasteiger partial charge in [-0.15, -0.1) is 0 Å². The first kappa shape index (κ1) is 18.3. The Labute approximate surface area is 164 Å². The summed E-state index contributed by atoms with van der Waals surface area (Å²) in [5, 5.41) is 16.8. The molecule has 0 unspecified atom stereocenters. The number of allylic oxidation sites excluding steroid dienone is 2. The first-order valence-corrected chi connectivity index (χ1v) is 9.64. The third-order valence-corrected chi connectivity index (χ3v) is 5.64. The van der Waals surface area contributed by atoms with Crippen LogP contribution in [0.4, 0.5) is 5.69 Å². The highest BCUT2D eigenvalue weighted by atomic mass is 16.4. The summed E-state index contributed by atoms with van der Waals surface area (Å²) >= 11 is 0. The minimum absolute atomic E-state index is 0.0674. The second-order valence-corrected chi connectivity index (χ2v) is 7.57. The zero-order valence-corrected chi connectivity index (χ0v) is 15.8. The van der Waals surface area contributed by atoms with Crippen LogP contribution in [-0.2, 0) is 4.79 Å². The van der Waals surface area contributed by atoms with Gasteiger partial charge >= 0.3 is 0 Å².